The van der Waals surface area contributed by atoms with E-state index in [-0.39, 0.29) is 11.5 Å². The Morgan fingerprint density at radius 2 is 1.93 bits per heavy atom. The number of hydrogen-bond acceptors (Lipinski definition) is 4. The van der Waals surface area contributed by atoms with Gasteiger partial charge in [-0.2, -0.15) is 0 Å². The van der Waals surface area contributed by atoms with Gasteiger partial charge < -0.3 is 9.47 Å². The van der Waals surface area contributed by atoms with Crippen LogP contribution in [0.2, 0.25) is 0 Å². The van der Waals surface area contributed by atoms with Crippen molar-refractivity contribution in [1.82, 2.24) is 19.4 Å². The van der Waals surface area contributed by atoms with Crippen LogP contribution in [-0.2, 0) is 7.05 Å². The Hall–Kier alpha value is -3.54. The van der Waals surface area contributed by atoms with Gasteiger partial charge in [-0.1, -0.05) is 6.07 Å². The van der Waals surface area contributed by atoms with Gasteiger partial charge in [-0.3, -0.25) is 14.6 Å². The molecular formula is C24H22N4O2. The van der Waals surface area contributed by atoms with Crippen molar-refractivity contribution in [3.63, 3.8) is 0 Å². The van der Waals surface area contributed by atoms with Crippen LogP contribution >= 0.6 is 0 Å². The SMILES string of the molecule is CN(C(=O)c1ccc2ncc(-c3ccc4c(=O)n(C)ccc4c3)nc2c1)C1CCC1. The minimum absolute atomic E-state index is 0.0235. The van der Waals surface area contributed by atoms with Gasteiger partial charge in [0.15, 0.2) is 0 Å². The quantitative estimate of drug-likeness (QED) is 0.527. The largest absolute Gasteiger partial charge is 0.339 e. The molecule has 0 unspecified atom stereocenters. The summed E-state index contributed by atoms with van der Waals surface area (Å²) in [7, 11) is 3.61. The number of pyridine rings is 1. The molecule has 0 aliphatic heterocycles. The fourth-order valence-electron chi connectivity index (χ4n) is 3.93. The van der Waals surface area contributed by atoms with Crippen LogP contribution in [0.5, 0.6) is 0 Å². The van der Waals surface area contributed by atoms with E-state index >= 15 is 0 Å². The van der Waals surface area contributed by atoms with E-state index in [9.17, 15) is 9.59 Å². The fraction of sp³-hybridized carbons (Fsp3) is 0.250. The molecule has 0 saturated heterocycles. The number of carbonyl (C=O) groups excluding carboxylic acids is 1. The summed E-state index contributed by atoms with van der Waals surface area (Å²) in [5.74, 6) is 0.0235. The Morgan fingerprint density at radius 3 is 2.70 bits per heavy atom. The molecule has 150 valence electrons. The van der Waals surface area contributed by atoms with Crippen molar-refractivity contribution < 1.29 is 4.79 Å². The number of hydrogen-bond donors (Lipinski definition) is 0. The number of aryl methyl sites for hydroxylation is 1. The maximum Gasteiger partial charge on any atom is 0.258 e. The van der Waals surface area contributed by atoms with Crippen LogP contribution in [0.15, 0.2) is 59.7 Å². The van der Waals surface area contributed by atoms with Gasteiger partial charge in [0.1, 0.15) is 0 Å². The molecule has 0 atom stereocenters. The number of aromatic nitrogens is 3. The number of carbonyl (C=O) groups is 1. The molecule has 2 heterocycles. The summed E-state index contributed by atoms with van der Waals surface area (Å²) in [4.78, 5) is 36.2. The lowest BCUT2D eigenvalue weighted by Crippen LogP contribution is -2.41. The third kappa shape index (κ3) is 3.05. The Morgan fingerprint density at radius 1 is 1.10 bits per heavy atom. The van der Waals surface area contributed by atoms with E-state index in [1.165, 1.54) is 6.42 Å². The molecule has 4 aromatic rings. The van der Waals surface area contributed by atoms with Gasteiger partial charge in [0.25, 0.3) is 11.5 Å². The molecule has 1 amide bonds. The molecule has 0 bridgehead atoms. The van der Waals surface area contributed by atoms with E-state index < -0.39 is 0 Å². The predicted molar refractivity (Wildman–Crippen MR) is 117 cm³/mol. The third-order valence-electron chi connectivity index (χ3n) is 6.11. The lowest BCUT2D eigenvalue weighted by Gasteiger charge is -2.34. The molecule has 5 rings (SSSR count). The first kappa shape index (κ1) is 18.5. The molecule has 1 aliphatic rings. The summed E-state index contributed by atoms with van der Waals surface area (Å²) < 4.78 is 1.57. The molecule has 1 aliphatic carbocycles. The topological polar surface area (TPSA) is 68.1 Å². The average molecular weight is 398 g/mol. The minimum Gasteiger partial charge on any atom is -0.339 e. The number of fused-ring (bicyclic) bond motifs is 2. The standard InChI is InChI=1S/C24H22N4O2/c1-27-11-10-15-12-16(6-8-19(15)24(27)30)22-14-25-20-9-7-17(13-21(20)26-22)23(29)28(2)18-4-3-5-18/h6-14,18H,3-5H2,1-2H3. The first-order chi connectivity index (χ1) is 14.5. The highest BCUT2D eigenvalue weighted by molar-refractivity contribution is 5.97. The van der Waals surface area contributed by atoms with Gasteiger partial charge in [-0.15, -0.1) is 0 Å². The fourth-order valence-corrected chi connectivity index (χ4v) is 3.93. The Kier molecular flexibility index (Phi) is 4.35. The van der Waals surface area contributed by atoms with Crippen molar-refractivity contribution in [3.8, 4) is 11.3 Å². The Bertz CT molecular complexity index is 1350. The van der Waals surface area contributed by atoms with Crippen LogP contribution < -0.4 is 5.56 Å². The third-order valence-corrected chi connectivity index (χ3v) is 6.11. The molecule has 0 N–H and O–H groups in total. The Labute approximate surface area is 173 Å². The summed E-state index contributed by atoms with van der Waals surface area (Å²) in [5, 5.41) is 1.54. The van der Waals surface area contributed by atoms with Crippen molar-refractivity contribution in [2.24, 2.45) is 7.05 Å². The minimum atomic E-state index is -0.0256. The highest BCUT2D eigenvalue weighted by Crippen LogP contribution is 2.26. The summed E-state index contributed by atoms with van der Waals surface area (Å²) in [5.41, 5.74) is 3.63. The van der Waals surface area contributed by atoms with E-state index in [2.05, 4.69) is 4.98 Å². The average Bonchev–Trinajstić information content (AvgIpc) is 2.73. The lowest BCUT2D eigenvalue weighted by molar-refractivity contribution is 0.0652. The van der Waals surface area contributed by atoms with E-state index in [4.69, 9.17) is 4.98 Å². The smallest absolute Gasteiger partial charge is 0.258 e. The van der Waals surface area contributed by atoms with Gasteiger partial charge in [0, 0.05) is 42.8 Å². The normalized spacial score (nSPS) is 14.1. The van der Waals surface area contributed by atoms with Crippen LogP contribution in [0.1, 0.15) is 29.6 Å². The zero-order valence-corrected chi connectivity index (χ0v) is 17.0. The molecule has 30 heavy (non-hydrogen) atoms. The van der Waals surface area contributed by atoms with Crippen molar-refractivity contribution in [1.29, 1.82) is 0 Å². The number of amides is 1. The van der Waals surface area contributed by atoms with Crippen molar-refractivity contribution in [3.05, 3.63) is 70.8 Å². The second-order valence-corrected chi connectivity index (χ2v) is 7.99. The van der Waals surface area contributed by atoms with E-state index in [1.807, 2.05) is 54.4 Å². The van der Waals surface area contributed by atoms with Gasteiger partial charge >= 0.3 is 0 Å². The van der Waals surface area contributed by atoms with Crippen molar-refractivity contribution in [2.45, 2.75) is 25.3 Å². The molecule has 6 nitrogen and oxygen atoms in total. The van der Waals surface area contributed by atoms with Crippen LogP contribution in [0.4, 0.5) is 0 Å². The lowest BCUT2D eigenvalue weighted by atomic mass is 9.91. The first-order valence-electron chi connectivity index (χ1n) is 10.1. The molecule has 6 heteroatoms. The summed E-state index contributed by atoms with van der Waals surface area (Å²) >= 11 is 0. The van der Waals surface area contributed by atoms with Crippen molar-refractivity contribution >= 4 is 27.7 Å². The first-order valence-corrected chi connectivity index (χ1v) is 10.1. The summed E-state index contributed by atoms with van der Waals surface area (Å²) in [6.07, 6.45) is 6.83. The number of rotatable bonds is 3. The highest BCUT2D eigenvalue weighted by atomic mass is 16.2. The van der Waals surface area contributed by atoms with Crippen LogP contribution in [-0.4, -0.2) is 38.4 Å². The zero-order valence-electron chi connectivity index (χ0n) is 17.0. The highest BCUT2D eigenvalue weighted by Gasteiger charge is 2.26. The number of nitrogens with zero attached hydrogens (tertiary/aromatic N) is 4. The van der Waals surface area contributed by atoms with Gasteiger partial charge in [0.05, 0.1) is 22.9 Å². The maximum absolute atomic E-state index is 12.8. The molecule has 0 spiro atoms. The van der Waals surface area contributed by atoms with Gasteiger partial charge in [-0.25, -0.2) is 4.98 Å². The van der Waals surface area contributed by atoms with Gasteiger partial charge in [0.2, 0.25) is 0 Å². The molecule has 1 fully saturated rings. The predicted octanol–water partition coefficient (Wildman–Crippen LogP) is 3.77. The van der Waals surface area contributed by atoms with E-state index in [1.54, 1.807) is 24.0 Å². The molecule has 1 saturated carbocycles. The zero-order chi connectivity index (χ0) is 20.8. The van der Waals surface area contributed by atoms with Crippen LogP contribution in [0.3, 0.4) is 0 Å². The second-order valence-electron chi connectivity index (χ2n) is 7.99. The monoisotopic (exact) mass is 398 g/mol. The van der Waals surface area contributed by atoms with E-state index in [0.717, 1.165) is 29.3 Å². The van der Waals surface area contributed by atoms with Gasteiger partial charge in [-0.05, 0) is 61.0 Å². The Balaban J connectivity index is 1.54. The van der Waals surface area contributed by atoms with Crippen molar-refractivity contribution in [2.75, 3.05) is 7.05 Å². The maximum atomic E-state index is 12.8. The van der Waals surface area contributed by atoms with Crippen LogP contribution in [0.25, 0.3) is 33.1 Å². The van der Waals surface area contributed by atoms with E-state index in [0.29, 0.717) is 28.2 Å². The molecule has 0 radical (unpaired) electrons. The molecule has 2 aromatic heterocycles. The molecule has 2 aromatic carbocycles. The van der Waals surface area contributed by atoms with Crippen LogP contribution in [0, 0.1) is 0 Å². The summed E-state index contributed by atoms with van der Waals surface area (Å²) in [6, 6.07) is 13.4. The summed E-state index contributed by atoms with van der Waals surface area (Å²) in [6.45, 7) is 0. The molecular weight excluding hydrogens is 376 g/mol. The second kappa shape index (κ2) is 7.06. The number of benzene rings is 2.